The van der Waals surface area contributed by atoms with Crippen molar-refractivity contribution in [3.05, 3.63) is 29.8 Å². The Labute approximate surface area is 123 Å². The van der Waals surface area contributed by atoms with E-state index < -0.39 is 6.36 Å². The second-order valence-electron chi connectivity index (χ2n) is 5.31. The molecule has 1 heterocycles. The normalized spacial score (nSPS) is 19.2. The van der Waals surface area contributed by atoms with Gasteiger partial charge in [0.1, 0.15) is 5.75 Å². The van der Waals surface area contributed by atoms with Crippen molar-refractivity contribution in [3.63, 3.8) is 0 Å². The number of nitrogens with zero attached hydrogens (tertiary/aromatic N) is 1. The van der Waals surface area contributed by atoms with Gasteiger partial charge in [-0.25, -0.2) is 0 Å². The number of alkyl halides is 3. The number of hydrogen-bond donors (Lipinski definition) is 1. The van der Waals surface area contributed by atoms with E-state index in [-0.39, 0.29) is 5.75 Å². The van der Waals surface area contributed by atoms with Gasteiger partial charge in [-0.1, -0.05) is 19.1 Å². The van der Waals surface area contributed by atoms with Gasteiger partial charge in [0.2, 0.25) is 0 Å². The number of nitrogens with one attached hydrogen (secondary N) is 1. The third-order valence-electron chi connectivity index (χ3n) is 3.60. The van der Waals surface area contributed by atoms with Crippen LogP contribution in [0.4, 0.5) is 13.2 Å². The second kappa shape index (κ2) is 7.13. The molecule has 3 nitrogen and oxygen atoms in total. The summed E-state index contributed by atoms with van der Waals surface area (Å²) in [7, 11) is 0. The molecule has 1 atom stereocenters. The van der Waals surface area contributed by atoms with Gasteiger partial charge in [-0.15, -0.1) is 13.2 Å². The average molecular weight is 302 g/mol. The van der Waals surface area contributed by atoms with Crippen LogP contribution < -0.4 is 10.1 Å². The van der Waals surface area contributed by atoms with Crippen LogP contribution in [0, 0.1) is 0 Å². The van der Waals surface area contributed by atoms with Crippen LogP contribution in [-0.4, -0.2) is 36.9 Å². The summed E-state index contributed by atoms with van der Waals surface area (Å²) in [6.45, 7) is 5.90. The lowest BCUT2D eigenvalue weighted by atomic mass is 10.1. The monoisotopic (exact) mass is 302 g/mol. The van der Waals surface area contributed by atoms with Gasteiger partial charge < -0.3 is 10.1 Å². The lowest BCUT2D eigenvalue weighted by molar-refractivity contribution is -0.274. The van der Waals surface area contributed by atoms with E-state index in [0.717, 1.165) is 44.6 Å². The van der Waals surface area contributed by atoms with Crippen LogP contribution in [0.3, 0.4) is 0 Å². The second-order valence-corrected chi connectivity index (χ2v) is 5.31. The fraction of sp³-hybridized carbons (Fsp3) is 0.600. The van der Waals surface area contributed by atoms with Crippen molar-refractivity contribution in [2.24, 2.45) is 0 Å². The van der Waals surface area contributed by atoms with E-state index in [1.54, 1.807) is 12.1 Å². The van der Waals surface area contributed by atoms with Gasteiger partial charge in [0.15, 0.2) is 0 Å². The highest BCUT2D eigenvalue weighted by Crippen LogP contribution is 2.23. The Kier molecular flexibility index (Phi) is 5.47. The third kappa shape index (κ3) is 5.21. The van der Waals surface area contributed by atoms with Gasteiger partial charge in [-0.05, 0) is 43.6 Å². The number of benzene rings is 1. The molecule has 0 radical (unpaired) electrons. The Bertz CT molecular complexity index is 428. The summed E-state index contributed by atoms with van der Waals surface area (Å²) in [4.78, 5) is 2.39. The maximum atomic E-state index is 12.1. The van der Waals surface area contributed by atoms with Crippen LogP contribution in [0.2, 0.25) is 0 Å². The van der Waals surface area contributed by atoms with Gasteiger partial charge in [0.05, 0.1) is 0 Å². The van der Waals surface area contributed by atoms with Crippen LogP contribution in [0.1, 0.15) is 25.3 Å². The smallest absolute Gasteiger partial charge is 0.406 e. The molecule has 1 aromatic rings. The molecule has 1 aromatic carbocycles. The van der Waals surface area contributed by atoms with Crippen molar-refractivity contribution >= 4 is 0 Å². The molecule has 0 aromatic heterocycles. The molecule has 0 spiro atoms. The Morgan fingerprint density at radius 1 is 1.29 bits per heavy atom. The molecule has 2 rings (SSSR count). The van der Waals surface area contributed by atoms with E-state index >= 15 is 0 Å². The topological polar surface area (TPSA) is 24.5 Å². The fourth-order valence-corrected chi connectivity index (χ4v) is 2.66. The minimum absolute atomic E-state index is 0.171. The van der Waals surface area contributed by atoms with E-state index in [0.29, 0.717) is 6.04 Å². The predicted octanol–water partition coefficient (Wildman–Crippen LogP) is 3.16. The van der Waals surface area contributed by atoms with Crippen molar-refractivity contribution in [3.8, 4) is 5.75 Å². The van der Waals surface area contributed by atoms with Crippen LogP contribution in [0.5, 0.6) is 5.75 Å². The van der Waals surface area contributed by atoms with Crippen LogP contribution in [-0.2, 0) is 6.54 Å². The van der Waals surface area contributed by atoms with E-state index in [9.17, 15) is 13.2 Å². The molecular formula is C15H21F3N2O. The van der Waals surface area contributed by atoms with Crippen molar-refractivity contribution in [1.29, 1.82) is 0 Å². The Morgan fingerprint density at radius 3 is 2.52 bits per heavy atom. The maximum Gasteiger partial charge on any atom is 0.573 e. The summed E-state index contributed by atoms with van der Waals surface area (Å²) in [6.07, 6.45) is -2.45. The summed E-state index contributed by atoms with van der Waals surface area (Å²) >= 11 is 0. The van der Waals surface area contributed by atoms with Crippen molar-refractivity contribution < 1.29 is 17.9 Å². The van der Waals surface area contributed by atoms with Crippen molar-refractivity contribution in [1.82, 2.24) is 10.2 Å². The minimum atomic E-state index is -4.63. The number of hydrogen-bond acceptors (Lipinski definition) is 3. The molecule has 6 heteroatoms. The lowest BCUT2D eigenvalue weighted by Crippen LogP contribution is -2.36. The first-order valence-electron chi connectivity index (χ1n) is 7.27. The molecule has 0 bridgehead atoms. The van der Waals surface area contributed by atoms with Crippen LogP contribution >= 0.6 is 0 Å². The summed E-state index contributed by atoms with van der Waals surface area (Å²) < 4.78 is 40.2. The Hall–Kier alpha value is -1.27. The van der Waals surface area contributed by atoms with E-state index in [2.05, 4.69) is 21.9 Å². The Balaban J connectivity index is 1.96. The summed E-state index contributed by atoms with van der Waals surface area (Å²) in [5.41, 5.74) is 1.00. The molecule has 1 fully saturated rings. The first-order chi connectivity index (χ1) is 9.98. The van der Waals surface area contributed by atoms with E-state index in [1.807, 2.05) is 0 Å². The predicted molar refractivity (Wildman–Crippen MR) is 75.1 cm³/mol. The third-order valence-corrected chi connectivity index (χ3v) is 3.60. The minimum Gasteiger partial charge on any atom is -0.406 e. The molecular weight excluding hydrogens is 281 g/mol. The van der Waals surface area contributed by atoms with Gasteiger partial charge in [-0.2, -0.15) is 0 Å². The van der Waals surface area contributed by atoms with Gasteiger partial charge in [-0.3, -0.25) is 4.90 Å². The van der Waals surface area contributed by atoms with Gasteiger partial charge >= 0.3 is 6.36 Å². The number of rotatable bonds is 6. The maximum absolute atomic E-state index is 12.1. The standard InChI is InChI=1S/C15H21F3N2O/c1-2-9-20(13-7-8-19-10-13)11-12-3-5-14(6-4-12)21-15(16,17)18/h3-6,13,19H,2,7-11H2,1H3. The highest BCUT2D eigenvalue weighted by molar-refractivity contribution is 5.27. The van der Waals surface area contributed by atoms with Crippen molar-refractivity contribution in [2.45, 2.75) is 38.7 Å². The van der Waals surface area contributed by atoms with E-state index in [1.165, 1.54) is 12.1 Å². The molecule has 1 N–H and O–H groups in total. The highest BCUT2D eigenvalue weighted by atomic mass is 19.4. The number of halogens is 3. The summed E-state index contributed by atoms with van der Waals surface area (Å²) in [5.74, 6) is -0.171. The molecule has 1 saturated heterocycles. The first kappa shape index (κ1) is 16.1. The van der Waals surface area contributed by atoms with E-state index in [4.69, 9.17) is 0 Å². The zero-order valence-electron chi connectivity index (χ0n) is 12.1. The molecule has 1 aliphatic rings. The van der Waals surface area contributed by atoms with Crippen molar-refractivity contribution in [2.75, 3.05) is 19.6 Å². The number of ether oxygens (including phenoxy) is 1. The Morgan fingerprint density at radius 2 is 2.00 bits per heavy atom. The quantitative estimate of drug-likeness (QED) is 0.873. The molecule has 0 saturated carbocycles. The van der Waals surface area contributed by atoms with Crippen LogP contribution in [0.15, 0.2) is 24.3 Å². The zero-order chi connectivity index (χ0) is 15.3. The molecule has 0 aliphatic carbocycles. The molecule has 21 heavy (non-hydrogen) atoms. The summed E-state index contributed by atoms with van der Waals surface area (Å²) in [5, 5.41) is 3.35. The first-order valence-corrected chi connectivity index (χ1v) is 7.27. The zero-order valence-corrected chi connectivity index (χ0v) is 12.1. The van der Waals surface area contributed by atoms with Crippen LogP contribution in [0.25, 0.3) is 0 Å². The molecule has 1 aliphatic heterocycles. The largest absolute Gasteiger partial charge is 0.573 e. The molecule has 118 valence electrons. The molecule has 1 unspecified atom stereocenters. The average Bonchev–Trinajstić information content (AvgIpc) is 2.92. The summed E-state index contributed by atoms with van der Waals surface area (Å²) in [6, 6.07) is 6.66. The highest BCUT2D eigenvalue weighted by Gasteiger charge is 2.31. The lowest BCUT2D eigenvalue weighted by Gasteiger charge is -2.28. The SMILES string of the molecule is CCCN(Cc1ccc(OC(F)(F)F)cc1)C1CCNC1. The van der Waals surface area contributed by atoms with Gasteiger partial charge in [0.25, 0.3) is 0 Å². The van der Waals surface area contributed by atoms with Gasteiger partial charge in [0, 0.05) is 19.1 Å². The fourth-order valence-electron chi connectivity index (χ4n) is 2.66. The molecule has 0 amide bonds.